The van der Waals surface area contributed by atoms with Crippen LogP contribution in [-0.2, 0) is 11.2 Å². The summed E-state index contributed by atoms with van der Waals surface area (Å²) in [6.07, 6.45) is 10.7. The Labute approximate surface area is 133 Å². The lowest BCUT2D eigenvalue weighted by atomic mass is 9.83. The van der Waals surface area contributed by atoms with Crippen molar-refractivity contribution in [1.29, 1.82) is 0 Å². The Hall–Kier alpha value is -0.570. The van der Waals surface area contributed by atoms with Crippen LogP contribution >= 0.6 is 11.6 Å². The topological polar surface area (TPSA) is 21.3 Å². The van der Waals surface area contributed by atoms with E-state index in [4.69, 9.17) is 16.3 Å². The van der Waals surface area contributed by atoms with Crippen LogP contribution in [0.25, 0.3) is 0 Å². The van der Waals surface area contributed by atoms with Crippen molar-refractivity contribution in [1.82, 2.24) is 5.32 Å². The molecule has 1 N–H and O–H groups in total. The summed E-state index contributed by atoms with van der Waals surface area (Å²) >= 11 is 5.90. The van der Waals surface area contributed by atoms with Gasteiger partial charge in [0.15, 0.2) is 0 Å². The summed E-state index contributed by atoms with van der Waals surface area (Å²) in [5.41, 5.74) is 1.59. The molecule has 1 spiro atoms. The van der Waals surface area contributed by atoms with Gasteiger partial charge in [-0.25, -0.2) is 0 Å². The zero-order valence-electron chi connectivity index (χ0n) is 12.7. The molecule has 21 heavy (non-hydrogen) atoms. The van der Waals surface area contributed by atoms with Gasteiger partial charge < -0.3 is 10.1 Å². The smallest absolute Gasteiger partial charge is 0.0708 e. The van der Waals surface area contributed by atoms with Gasteiger partial charge in [0.25, 0.3) is 0 Å². The quantitative estimate of drug-likeness (QED) is 0.816. The fourth-order valence-electron chi connectivity index (χ4n) is 3.75. The van der Waals surface area contributed by atoms with E-state index < -0.39 is 0 Å². The summed E-state index contributed by atoms with van der Waals surface area (Å²) in [4.78, 5) is 0. The van der Waals surface area contributed by atoms with Crippen LogP contribution in [0.1, 0.15) is 50.5 Å². The van der Waals surface area contributed by atoms with Gasteiger partial charge in [0, 0.05) is 11.6 Å². The number of hydrogen-bond donors (Lipinski definition) is 1. The van der Waals surface area contributed by atoms with Gasteiger partial charge in [-0.1, -0.05) is 43.0 Å². The molecule has 1 aliphatic carbocycles. The number of benzene rings is 1. The van der Waals surface area contributed by atoms with Crippen molar-refractivity contribution in [3.05, 3.63) is 34.9 Å². The van der Waals surface area contributed by atoms with E-state index in [1.54, 1.807) is 0 Å². The highest BCUT2D eigenvalue weighted by Crippen LogP contribution is 2.41. The van der Waals surface area contributed by atoms with Crippen LogP contribution in [0.15, 0.2) is 24.3 Å². The van der Waals surface area contributed by atoms with E-state index in [9.17, 15) is 0 Å². The van der Waals surface area contributed by atoms with Gasteiger partial charge in [-0.3, -0.25) is 0 Å². The zero-order chi connectivity index (χ0) is 14.5. The highest BCUT2D eigenvalue weighted by atomic mass is 35.5. The van der Waals surface area contributed by atoms with Crippen LogP contribution in [0.3, 0.4) is 0 Å². The van der Waals surface area contributed by atoms with E-state index >= 15 is 0 Å². The van der Waals surface area contributed by atoms with Crippen LogP contribution < -0.4 is 5.32 Å². The van der Waals surface area contributed by atoms with Crippen LogP contribution in [-0.4, -0.2) is 24.8 Å². The zero-order valence-corrected chi connectivity index (χ0v) is 13.5. The first kappa shape index (κ1) is 15.3. The van der Waals surface area contributed by atoms with E-state index in [1.165, 1.54) is 50.5 Å². The van der Waals surface area contributed by atoms with Gasteiger partial charge in [0.2, 0.25) is 0 Å². The van der Waals surface area contributed by atoms with Gasteiger partial charge >= 0.3 is 0 Å². The second-order valence-electron chi connectivity index (χ2n) is 6.60. The summed E-state index contributed by atoms with van der Waals surface area (Å²) in [7, 11) is 0. The molecule has 2 nitrogen and oxygen atoms in total. The van der Waals surface area contributed by atoms with Crippen LogP contribution in [0.4, 0.5) is 0 Å². The summed E-state index contributed by atoms with van der Waals surface area (Å²) in [6, 6.07) is 8.13. The van der Waals surface area contributed by atoms with Crippen molar-refractivity contribution in [3.8, 4) is 0 Å². The number of nitrogens with one attached hydrogen (secondary N) is 1. The maximum Gasteiger partial charge on any atom is 0.0708 e. The molecule has 116 valence electrons. The number of halogens is 1. The monoisotopic (exact) mass is 307 g/mol. The Morgan fingerprint density at radius 2 is 1.86 bits per heavy atom. The third-order valence-corrected chi connectivity index (χ3v) is 5.23. The Kier molecular flexibility index (Phi) is 5.20. The molecule has 1 saturated heterocycles. The van der Waals surface area contributed by atoms with Gasteiger partial charge in [-0.2, -0.15) is 0 Å². The largest absolute Gasteiger partial charge is 0.370 e. The molecule has 1 atom stereocenters. The van der Waals surface area contributed by atoms with Gasteiger partial charge in [-0.05, 0) is 56.3 Å². The first-order valence-corrected chi connectivity index (χ1v) is 8.77. The molecule has 2 aliphatic rings. The fourth-order valence-corrected chi connectivity index (χ4v) is 3.88. The predicted octanol–water partition coefficient (Wildman–Crippen LogP) is 4.35. The molecule has 1 aliphatic heterocycles. The second-order valence-corrected chi connectivity index (χ2v) is 7.04. The predicted molar refractivity (Wildman–Crippen MR) is 87.9 cm³/mol. The Morgan fingerprint density at radius 1 is 1.10 bits per heavy atom. The molecule has 1 unspecified atom stereocenters. The SMILES string of the molecule is Clc1ccc(CCNCC2CCC3(CCCCC3)O2)cc1. The van der Waals surface area contributed by atoms with Crippen LogP contribution in [0, 0.1) is 0 Å². The van der Waals surface area contributed by atoms with Gasteiger partial charge in [0.05, 0.1) is 11.7 Å². The van der Waals surface area contributed by atoms with Crippen LogP contribution in [0.2, 0.25) is 5.02 Å². The van der Waals surface area contributed by atoms with Crippen molar-refractivity contribution in [2.45, 2.75) is 63.1 Å². The first-order valence-electron chi connectivity index (χ1n) is 8.39. The lowest BCUT2D eigenvalue weighted by Gasteiger charge is -2.33. The summed E-state index contributed by atoms with van der Waals surface area (Å²) in [6.45, 7) is 2.00. The summed E-state index contributed by atoms with van der Waals surface area (Å²) in [5.74, 6) is 0. The minimum atomic E-state index is 0.251. The van der Waals surface area contributed by atoms with Crippen molar-refractivity contribution in [3.63, 3.8) is 0 Å². The third-order valence-electron chi connectivity index (χ3n) is 4.98. The first-order chi connectivity index (χ1) is 10.3. The molecule has 1 aromatic rings. The fraction of sp³-hybridized carbons (Fsp3) is 0.667. The normalized spacial score (nSPS) is 24.5. The van der Waals surface area contributed by atoms with Crippen LogP contribution in [0.5, 0.6) is 0 Å². The Bertz CT molecular complexity index is 439. The summed E-state index contributed by atoms with van der Waals surface area (Å²) < 4.78 is 6.38. The van der Waals surface area contributed by atoms with E-state index in [-0.39, 0.29) is 5.60 Å². The van der Waals surface area contributed by atoms with E-state index in [2.05, 4.69) is 17.4 Å². The molecule has 1 saturated carbocycles. The molecule has 1 heterocycles. The third kappa shape index (κ3) is 4.21. The molecule has 0 bridgehead atoms. The molecule has 3 rings (SSSR count). The van der Waals surface area contributed by atoms with Crippen molar-refractivity contribution >= 4 is 11.6 Å². The lowest BCUT2D eigenvalue weighted by molar-refractivity contribution is -0.0622. The standard InChI is InChI=1S/C18H26ClNO/c19-16-6-4-15(5-7-16)9-13-20-14-17-8-12-18(21-17)10-2-1-3-11-18/h4-7,17,20H,1-3,8-14H2. The average molecular weight is 308 g/mol. The highest BCUT2D eigenvalue weighted by Gasteiger charge is 2.40. The van der Waals surface area contributed by atoms with E-state index in [0.717, 1.165) is 24.5 Å². The average Bonchev–Trinajstić information content (AvgIpc) is 2.89. The van der Waals surface area contributed by atoms with E-state index in [0.29, 0.717) is 6.10 Å². The van der Waals surface area contributed by atoms with Gasteiger partial charge in [-0.15, -0.1) is 0 Å². The highest BCUT2D eigenvalue weighted by molar-refractivity contribution is 6.30. The number of ether oxygens (including phenoxy) is 1. The molecule has 1 aromatic carbocycles. The van der Waals surface area contributed by atoms with Crippen molar-refractivity contribution in [2.24, 2.45) is 0 Å². The number of hydrogen-bond acceptors (Lipinski definition) is 2. The Morgan fingerprint density at radius 3 is 2.62 bits per heavy atom. The van der Waals surface area contributed by atoms with Crippen molar-refractivity contribution in [2.75, 3.05) is 13.1 Å². The molecule has 0 radical (unpaired) electrons. The molecular weight excluding hydrogens is 282 g/mol. The van der Waals surface area contributed by atoms with E-state index in [1.807, 2.05) is 12.1 Å². The lowest BCUT2D eigenvalue weighted by Crippen LogP contribution is -2.35. The van der Waals surface area contributed by atoms with Crippen molar-refractivity contribution < 1.29 is 4.74 Å². The molecule has 0 amide bonds. The summed E-state index contributed by atoms with van der Waals surface area (Å²) in [5, 5.41) is 4.36. The van der Waals surface area contributed by atoms with Gasteiger partial charge in [0.1, 0.15) is 0 Å². The minimum Gasteiger partial charge on any atom is -0.370 e. The maximum atomic E-state index is 6.38. The molecule has 0 aromatic heterocycles. The Balaban J connectivity index is 1.35. The molecule has 3 heteroatoms. The maximum absolute atomic E-state index is 6.38. The minimum absolute atomic E-state index is 0.251. The number of rotatable bonds is 5. The molecular formula is C18H26ClNO. The molecule has 2 fully saturated rings. The second kappa shape index (κ2) is 7.13.